The molecule has 1 N–H and O–H groups in total. The molecule has 80 valence electrons. The second-order valence-corrected chi connectivity index (χ2v) is 4.94. The van der Waals surface area contributed by atoms with Crippen molar-refractivity contribution in [1.29, 1.82) is 0 Å². The predicted molar refractivity (Wildman–Crippen MR) is 61.8 cm³/mol. The molecule has 0 aromatic heterocycles. The zero-order valence-corrected chi connectivity index (χ0v) is 10.4. The van der Waals surface area contributed by atoms with Crippen LogP contribution in [-0.2, 0) is 9.53 Å². The molecule has 0 bridgehead atoms. The van der Waals surface area contributed by atoms with Crippen molar-refractivity contribution in [2.45, 2.75) is 30.9 Å². The molecular weight excluding hydrogens is 245 g/mol. The van der Waals surface area contributed by atoms with E-state index in [2.05, 4.69) is 28.2 Å². The lowest BCUT2D eigenvalue weighted by Gasteiger charge is -2.16. The molecule has 0 spiro atoms. The lowest BCUT2D eigenvalue weighted by molar-refractivity contribution is -0.121. The summed E-state index contributed by atoms with van der Waals surface area (Å²) >= 11 is 3.07. The molecule has 0 fully saturated rings. The molecule has 1 atom stereocenters. The SMILES string of the molecule is [B]C(C)(Br)C(=O)NCCCOCCC. The summed E-state index contributed by atoms with van der Waals surface area (Å²) in [5, 5.41) is 2.71. The minimum absolute atomic E-state index is 0.201. The van der Waals surface area contributed by atoms with Gasteiger partial charge in [0.1, 0.15) is 7.85 Å². The zero-order valence-electron chi connectivity index (χ0n) is 8.81. The highest BCUT2D eigenvalue weighted by molar-refractivity contribution is 9.10. The Morgan fingerprint density at radius 1 is 1.57 bits per heavy atom. The van der Waals surface area contributed by atoms with Crippen molar-refractivity contribution in [1.82, 2.24) is 5.32 Å². The highest BCUT2D eigenvalue weighted by Gasteiger charge is 2.21. The van der Waals surface area contributed by atoms with E-state index in [-0.39, 0.29) is 5.91 Å². The third kappa shape index (κ3) is 7.39. The molecule has 0 aromatic rings. The van der Waals surface area contributed by atoms with Crippen LogP contribution >= 0.6 is 15.9 Å². The van der Waals surface area contributed by atoms with Gasteiger partial charge in [-0.3, -0.25) is 4.79 Å². The molecule has 0 aliphatic carbocycles. The molecule has 14 heavy (non-hydrogen) atoms. The van der Waals surface area contributed by atoms with Gasteiger partial charge in [0.2, 0.25) is 5.91 Å². The average Bonchev–Trinajstić information content (AvgIpc) is 2.09. The first kappa shape index (κ1) is 14.0. The number of carbonyl (C=O) groups is 1. The highest BCUT2D eigenvalue weighted by atomic mass is 79.9. The van der Waals surface area contributed by atoms with Gasteiger partial charge in [-0.15, -0.1) is 0 Å². The number of amides is 1. The van der Waals surface area contributed by atoms with Crippen molar-refractivity contribution in [3.63, 3.8) is 0 Å². The van der Waals surface area contributed by atoms with Crippen LogP contribution in [0.25, 0.3) is 0 Å². The Bertz CT molecular complexity index is 171. The molecule has 0 aliphatic rings. The Labute approximate surface area is 95.5 Å². The summed E-state index contributed by atoms with van der Waals surface area (Å²) in [5.74, 6) is -0.201. The van der Waals surface area contributed by atoms with Gasteiger partial charge in [-0.2, -0.15) is 0 Å². The molecule has 0 aliphatic heterocycles. The molecule has 5 heteroatoms. The Kier molecular flexibility index (Phi) is 7.28. The molecular formula is C9H17BBrNO2. The van der Waals surface area contributed by atoms with E-state index >= 15 is 0 Å². The van der Waals surface area contributed by atoms with E-state index < -0.39 is 4.22 Å². The summed E-state index contributed by atoms with van der Waals surface area (Å²) in [4.78, 5) is 11.2. The normalized spacial score (nSPS) is 14.8. The Morgan fingerprint density at radius 2 is 2.21 bits per heavy atom. The minimum Gasteiger partial charge on any atom is -0.381 e. The minimum atomic E-state index is -0.975. The number of nitrogens with one attached hydrogen (secondary N) is 1. The Balaban J connectivity index is 3.33. The highest BCUT2D eigenvalue weighted by Crippen LogP contribution is 2.10. The van der Waals surface area contributed by atoms with E-state index in [0.717, 1.165) is 19.4 Å². The number of halogens is 1. The van der Waals surface area contributed by atoms with E-state index in [9.17, 15) is 4.79 Å². The maximum Gasteiger partial charge on any atom is 0.227 e. The number of hydrogen-bond acceptors (Lipinski definition) is 2. The summed E-state index contributed by atoms with van der Waals surface area (Å²) in [7, 11) is 5.51. The topological polar surface area (TPSA) is 38.3 Å². The first-order valence-corrected chi connectivity index (χ1v) is 5.61. The van der Waals surface area contributed by atoms with E-state index in [4.69, 9.17) is 12.6 Å². The van der Waals surface area contributed by atoms with Gasteiger partial charge in [-0.25, -0.2) is 0 Å². The maximum atomic E-state index is 11.2. The van der Waals surface area contributed by atoms with Crippen molar-refractivity contribution in [2.75, 3.05) is 19.8 Å². The van der Waals surface area contributed by atoms with E-state index in [1.54, 1.807) is 6.92 Å². The molecule has 0 aromatic carbocycles. The van der Waals surface area contributed by atoms with E-state index in [1.807, 2.05) is 0 Å². The van der Waals surface area contributed by atoms with Gasteiger partial charge >= 0.3 is 0 Å². The summed E-state index contributed by atoms with van der Waals surface area (Å²) in [6.07, 6.45) is 1.84. The maximum absolute atomic E-state index is 11.2. The third-order valence-electron chi connectivity index (χ3n) is 1.54. The van der Waals surface area contributed by atoms with Crippen LogP contribution in [-0.4, -0.2) is 37.7 Å². The predicted octanol–water partition coefficient (Wildman–Crippen LogP) is 1.20. The van der Waals surface area contributed by atoms with Gasteiger partial charge in [0, 0.05) is 19.8 Å². The number of rotatable bonds is 7. The average molecular weight is 262 g/mol. The fourth-order valence-corrected chi connectivity index (χ4v) is 0.936. The van der Waals surface area contributed by atoms with Crippen LogP contribution in [0.3, 0.4) is 0 Å². The molecule has 0 heterocycles. The molecule has 1 amide bonds. The van der Waals surface area contributed by atoms with E-state index in [1.165, 1.54) is 0 Å². The van der Waals surface area contributed by atoms with Crippen LogP contribution in [0, 0.1) is 0 Å². The fourth-order valence-electron chi connectivity index (χ4n) is 0.795. The second-order valence-electron chi connectivity index (χ2n) is 3.30. The number of hydrogen-bond donors (Lipinski definition) is 1. The molecule has 1 unspecified atom stereocenters. The van der Waals surface area contributed by atoms with Gasteiger partial charge in [0.25, 0.3) is 0 Å². The Morgan fingerprint density at radius 3 is 2.71 bits per heavy atom. The molecule has 3 nitrogen and oxygen atoms in total. The summed E-state index contributed by atoms with van der Waals surface area (Å²) in [5.41, 5.74) is 0. The quantitative estimate of drug-likeness (QED) is 0.425. The Hall–Kier alpha value is -0.0251. The van der Waals surface area contributed by atoms with Crippen LogP contribution in [0.1, 0.15) is 26.7 Å². The first-order chi connectivity index (χ1) is 6.48. The lowest BCUT2D eigenvalue weighted by Crippen LogP contribution is -2.40. The van der Waals surface area contributed by atoms with E-state index in [0.29, 0.717) is 13.2 Å². The largest absolute Gasteiger partial charge is 0.381 e. The monoisotopic (exact) mass is 261 g/mol. The molecule has 0 saturated heterocycles. The number of carbonyl (C=O) groups excluding carboxylic acids is 1. The van der Waals surface area contributed by atoms with Gasteiger partial charge in [-0.1, -0.05) is 22.9 Å². The number of ether oxygens (including phenoxy) is 1. The third-order valence-corrected chi connectivity index (χ3v) is 1.90. The van der Waals surface area contributed by atoms with Crippen molar-refractivity contribution < 1.29 is 9.53 Å². The van der Waals surface area contributed by atoms with Gasteiger partial charge in [0.05, 0.1) is 4.22 Å². The summed E-state index contributed by atoms with van der Waals surface area (Å²) in [6.45, 7) is 5.72. The molecule has 2 radical (unpaired) electrons. The van der Waals surface area contributed by atoms with Crippen LogP contribution < -0.4 is 5.32 Å². The fraction of sp³-hybridized carbons (Fsp3) is 0.889. The van der Waals surface area contributed by atoms with Gasteiger partial charge in [0.15, 0.2) is 0 Å². The van der Waals surface area contributed by atoms with Crippen molar-refractivity contribution in [2.24, 2.45) is 0 Å². The van der Waals surface area contributed by atoms with Crippen molar-refractivity contribution >= 4 is 29.7 Å². The molecule has 0 rings (SSSR count). The smallest absolute Gasteiger partial charge is 0.227 e. The van der Waals surface area contributed by atoms with Crippen LogP contribution in [0.15, 0.2) is 0 Å². The van der Waals surface area contributed by atoms with Crippen LogP contribution in [0.4, 0.5) is 0 Å². The molecule has 0 saturated carbocycles. The van der Waals surface area contributed by atoms with Crippen LogP contribution in [0.2, 0.25) is 0 Å². The first-order valence-electron chi connectivity index (χ1n) is 4.82. The lowest BCUT2D eigenvalue weighted by atomic mass is 9.88. The van der Waals surface area contributed by atoms with Crippen LogP contribution in [0.5, 0.6) is 0 Å². The summed E-state index contributed by atoms with van der Waals surface area (Å²) in [6, 6.07) is 0. The number of alkyl halides is 1. The zero-order chi connectivity index (χ0) is 11.0. The van der Waals surface area contributed by atoms with Crippen molar-refractivity contribution in [3.8, 4) is 0 Å². The van der Waals surface area contributed by atoms with Gasteiger partial charge < -0.3 is 10.1 Å². The summed E-state index contributed by atoms with van der Waals surface area (Å²) < 4.78 is 4.28. The van der Waals surface area contributed by atoms with Crippen molar-refractivity contribution in [3.05, 3.63) is 0 Å². The second kappa shape index (κ2) is 7.29. The standard InChI is InChI=1S/C9H17BBrNO2/c1-3-6-14-7-4-5-12-8(13)9(2,10)11/h3-7H2,1-2H3,(H,12,13). The van der Waals surface area contributed by atoms with Gasteiger partial charge in [-0.05, 0) is 19.8 Å².